The Morgan fingerprint density at radius 3 is 2.80 bits per heavy atom. The van der Waals surface area contributed by atoms with Crippen molar-refractivity contribution in [2.45, 2.75) is 26.3 Å². The molecule has 0 spiro atoms. The number of fused-ring (bicyclic) bond motifs is 1. The van der Waals surface area contributed by atoms with Crippen LogP contribution in [0.2, 0.25) is 0 Å². The summed E-state index contributed by atoms with van der Waals surface area (Å²) >= 11 is 0. The summed E-state index contributed by atoms with van der Waals surface area (Å²) < 4.78 is 0. The summed E-state index contributed by atoms with van der Waals surface area (Å²) in [4.78, 5) is 11.3. The minimum absolute atomic E-state index is 0.672. The van der Waals surface area contributed by atoms with Gasteiger partial charge in [0.1, 0.15) is 5.82 Å². The second-order valence-electron chi connectivity index (χ2n) is 4.98. The van der Waals surface area contributed by atoms with E-state index in [4.69, 9.17) is 5.84 Å². The summed E-state index contributed by atoms with van der Waals surface area (Å²) in [5.41, 5.74) is 6.40. The molecule has 2 heterocycles. The van der Waals surface area contributed by atoms with Gasteiger partial charge in [-0.15, -0.1) is 0 Å². The number of nitrogens with one attached hydrogen (secondary N) is 1. The molecule has 0 fully saturated rings. The van der Waals surface area contributed by atoms with E-state index in [1.807, 2.05) is 6.07 Å². The minimum Gasteiger partial charge on any atom is -0.336 e. The highest BCUT2D eigenvalue weighted by molar-refractivity contribution is 5.45. The van der Waals surface area contributed by atoms with Gasteiger partial charge < -0.3 is 10.3 Å². The molecule has 0 saturated carbocycles. The van der Waals surface area contributed by atoms with Crippen LogP contribution in [0, 0.1) is 0 Å². The molecule has 0 unspecified atom stereocenters. The van der Waals surface area contributed by atoms with Gasteiger partial charge >= 0.3 is 0 Å². The topological polar surface area (TPSA) is 67.1 Å². The van der Waals surface area contributed by atoms with Crippen LogP contribution in [0.3, 0.4) is 0 Å². The third-order valence-electron chi connectivity index (χ3n) is 3.69. The number of hydrogen-bond donors (Lipinski definition) is 2. The molecule has 0 bridgehead atoms. The molecule has 0 atom stereocenters. The van der Waals surface area contributed by atoms with Gasteiger partial charge in [-0.2, -0.15) is 4.98 Å². The Kier molecular flexibility index (Phi) is 3.52. The molecule has 0 saturated heterocycles. The second-order valence-corrected chi connectivity index (χ2v) is 4.98. The first-order valence-corrected chi connectivity index (χ1v) is 6.96. The van der Waals surface area contributed by atoms with Gasteiger partial charge in [0.25, 0.3) is 0 Å². The van der Waals surface area contributed by atoms with Crippen molar-refractivity contribution < 1.29 is 0 Å². The molecule has 1 aliphatic rings. The highest BCUT2D eigenvalue weighted by Gasteiger charge is 2.18. The summed E-state index contributed by atoms with van der Waals surface area (Å²) in [5, 5.41) is 0. The highest BCUT2D eigenvalue weighted by Crippen LogP contribution is 2.23. The zero-order chi connectivity index (χ0) is 13.9. The zero-order valence-corrected chi connectivity index (χ0v) is 11.6. The molecule has 0 aliphatic carbocycles. The van der Waals surface area contributed by atoms with Crippen LogP contribution in [-0.4, -0.2) is 16.5 Å². The fourth-order valence-electron chi connectivity index (χ4n) is 2.55. The predicted octanol–water partition coefficient (Wildman–Crippen LogP) is 1.89. The molecule has 2 aromatic rings. The average molecular weight is 269 g/mol. The van der Waals surface area contributed by atoms with Crippen molar-refractivity contribution in [1.29, 1.82) is 0 Å². The standard InChI is InChI=1S/C15H19N5/c1-2-13-9-14(19-16)18-15(17-13)20-8-7-11-5-3-4-6-12(11)10-20/h3-6,9H,2,7-8,10,16H2,1H3,(H,17,18,19). The molecule has 1 aromatic heterocycles. The molecule has 5 nitrogen and oxygen atoms in total. The smallest absolute Gasteiger partial charge is 0.227 e. The monoisotopic (exact) mass is 269 g/mol. The number of nitrogen functional groups attached to an aromatic ring is 1. The van der Waals surface area contributed by atoms with Gasteiger partial charge in [0, 0.05) is 24.8 Å². The summed E-state index contributed by atoms with van der Waals surface area (Å²) in [6, 6.07) is 10.4. The minimum atomic E-state index is 0.672. The van der Waals surface area contributed by atoms with Gasteiger partial charge in [0.15, 0.2) is 0 Å². The maximum absolute atomic E-state index is 5.49. The van der Waals surface area contributed by atoms with E-state index >= 15 is 0 Å². The first-order valence-electron chi connectivity index (χ1n) is 6.96. The zero-order valence-electron chi connectivity index (χ0n) is 11.6. The van der Waals surface area contributed by atoms with E-state index < -0.39 is 0 Å². The van der Waals surface area contributed by atoms with E-state index in [9.17, 15) is 0 Å². The van der Waals surface area contributed by atoms with Crippen molar-refractivity contribution in [3.8, 4) is 0 Å². The lowest BCUT2D eigenvalue weighted by Gasteiger charge is -2.29. The van der Waals surface area contributed by atoms with E-state index in [1.165, 1.54) is 11.1 Å². The summed E-state index contributed by atoms with van der Waals surface area (Å²) in [7, 11) is 0. The Morgan fingerprint density at radius 1 is 1.25 bits per heavy atom. The van der Waals surface area contributed by atoms with Gasteiger partial charge in [-0.1, -0.05) is 31.2 Å². The Hall–Kier alpha value is -2.14. The van der Waals surface area contributed by atoms with Crippen LogP contribution < -0.4 is 16.2 Å². The van der Waals surface area contributed by atoms with Crippen LogP contribution in [0.5, 0.6) is 0 Å². The molecule has 3 rings (SSSR count). The van der Waals surface area contributed by atoms with E-state index in [0.717, 1.165) is 37.6 Å². The number of rotatable bonds is 3. The molecule has 5 heteroatoms. The number of nitrogens with two attached hydrogens (primary N) is 1. The largest absolute Gasteiger partial charge is 0.336 e. The highest BCUT2D eigenvalue weighted by atomic mass is 15.3. The third kappa shape index (κ3) is 2.44. The van der Waals surface area contributed by atoms with Gasteiger partial charge in [-0.05, 0) is 24.0 Å². The van der Waals surface area contributed by atoms with Crippen molar-refractivity contribution in [2.24, 2.45) is 5.84 Å². The molecule has 1 aliphatic heterocycles. The van der Waals surface area contributed by atoms with Gasteiger partial charge in [-0.3, -0.25) is 0 Å². The van der Waals surface area contributed by atoms with E-state index in [-0.39, 0.29) is 0 Å². The van der Waals surface area contributed by atoms with Crippen LogP contribution in [0.25, 0.3) is 0 Å². The number of nitrogens with zero attached hydrogens (tertiary/aromatic N) is 3. The van der Waals surface area contributed by atoms with Crippen molar-refractivity contribution >= 4 is 11.8 Å². The lowest BCUT2D eigenvalue weighted by atomic mass is 10.0. The summed E-state index contributed by atoms with van der Waals surface area (Å²) in [6.45, 7) is 3.87. The number of anilines is 2. The van der Waals surface area contributed by atoms with Crippen molar-refractivity contribution in [2.75, 3.05) is 16.9 Å². The maximum atomic E-state index is 5.49. The van der Waals surface area contributed by atoms with Gasteiger partial charge in [-0.25, -0.2) is 10.8 Å². The SMILES string of the molecule is CCc1cc(NN)nc(N2CCc3ccccc3C2)n1. The Balaban J connectivity index is 1.91. The van der Waals surface area contributed by atoms with Crippen LogP contribution in [0.15, 0.2) is 30.3 Å². The van der Waals surface area contributed by atoms with Crippen LogP contribution in [0.1, 0.15) is 23.7 Å². The van der Waals surface area contributed by atoms with E-state index in [2.05, 4.69) is 51.5 Å². The molecular weight excluding hydrogens is 250 g/mol. The number of hydrogen-bond acceptors (Lipinski definition) is 5. The Bertz CT molecular complexity index is 589. The molecule has 104 valence electrons. The van der Waals surface area contributed by atoms with Gasteiger partial charge in [0.2, 0.25) is 5.95 Å². The number of aromatic nitrogens is 2. The molecule has 20 heavy (non-hydrogen) atoms. The fraction of sp³-hybridized carbons (Fsp3) is 0.333. The molecule has 0 radical (unpaired) electrons. The number of hydrazine groups is 1. The number of aryl methyl sites for hydroxylation is 1. The van der Waals surface area contributed by atoms with E-state index in [1.54, 1.807) is 0 Å². The molecule has 0 amide bonds. The van der Waals surface area contributed by atoms with Crippen LogP contribution >= 0.6 is 0 Å². The maximum Gasteiger partial charge on any atom is 0.227 e. The summed E-state index contributed by atoms with van der Waals surface area (Å²) in [5.74, 6) is 6.92. The quantitative estimate of drug-likeness (QED) is 0.658. The predicted molar refractivity (Wildman–Crippen MR) is 80.4 cm³/mol. The first kappa shape index (κ1) is 12.9. The Labute approximate surface area is 118 Å². The third-order valence-corrected chi connectivity index (χ3v) is 3.69. The average Bonchev–Trinajstić information content (AvgIpc) is 2.53. The number of benzene rings is 1. The van der Waals surface area contributed by atoms with Crippen molar-refractivity contribution in [1.82, 2.24) is 9.97 Å². The fourth-order valence-corrected chi connectivity index (χ4v) is 2.55. The molecule has 1 aromatic carbocycles. The Morgan fingerprint density at radius 2 is 2.05 bits per heavy atom. The van der Waals surface area contributed by atoms with Crippen LogP contribution in [-0.2, 0) is 19.4 Å². The normalized spacial score (nSPS) is 14.0. The van der Waals surface area contributed by atoms with Crippen molar-refractivity contribution in [3.63, 3.8) is 0 Å². The van der Waals surface area contributed by atoms with Gasteiger partial charge in [0.05, 0.1) is 0 Å². The molecule has 3 N–H and O–H groups in total. The summed E-state index contributed by atoms with van der Waals surface area (Å²) in [6.07, 6.45) is 1.90. The van der Waals surface area contributed by atoms with E-state index in [0.29, 0.717) is 5.82 Å². The van der Waals surface area contributed by atoms with Crippen LogP contribution in [0.4, 0.5) is 11.8 Å². The second kappa shape index (κ2) is 5.46. The lowest BCUT2D eigenvalue weighted by Crippen LogP contribution is -2.32. The lowest BCUT2D eigenvalue weighted by molar-refractivity contribution is 0.704. The molecular formula is C15H19N5. The first-order chi connectivity index (χ1) is 9.80. The van der Waals surface area contributed by atoms with Crippen molar-refractivity contribution in [3.05, 3.63) is 47.2 Å².